The monoisotopic (exact) mass is 269 g/mol. The summed E-state index contributed by atoms with van der Waals surface area (Å²) in [5.74, 6) is 2.18. The summed E-state index contributed by atoms with van der Waals surface area (Å²) in [6.07, 6.45) is 5.68. The lowest BCUT2D eigenvalue weighted by molar-refractivity contribution is 0.623. The van der Waals surface area contributed by atoms with Gasteiger partial charge >= 0.3 is 0 Å². The van der Waals surface area contributed by atoms with Gasteiger partial charge in [0, 0.05) is 22.2 Å². The smallest absolute Gasteiger partial charge is 0.0462 e. The SMILES string of the molecule is CNCc1ccc(SCC2CCCC2)cc1Cl. The summed E-state index contributed by atoms with van der Waals surface area (Å²) in [4.78, 5) is 1.31. The van der Waals surface area contributed by atoms with Crippen LogP contribution in [0.4, 0.5) is 0 Å². The number of halogens is 1. The van der Waals surface area contributed by atoms with Crippen molar-refractivity contribution in [2.45, 2.75) is 37.1 Å². The van der Waals surface area contributed by atoms with Gasteiger partial charge in [0.25, 0.3) is 0 Å². The minimum atomic E-state index is 0.840. The van der Waals surface area contributed by atoms with Gasteiger partial charge < -0.3 is 5.32 Å². The highest BCUT2D eigenvalue weighted by molar-refractivity contribution is 7.99. The van der Waals surface area contributed by atoms with Gasteiger partial charge in [-0.2, -0.15) is 0 Å². The highest BCUT2D eigenvalue weighted by Crippen LogP contribution is 2.32. The molecule has 3 heteroatoms. The molecule has 0 amide bonds. The molecule has 2 rings (SSSR count). The van der Waals surface area contributed by atoms with E-state index in [0.717, 1.165) is 17.5 Å². The molecule has 1 aliphatic rings. The number of benzene rings is 1. The summed E-state index contributed by atoms with van der Waals surface area (Å²) < 4.78 is 0. The second-order valence-corrected chi connectivity index (χ2v) is 6.25. The Morgan fingerprint density at radius 2 is 2.12 bits per heavy atom. The Kier molecular flexibility index (Phi) is 5.20. The lowest BCUT2D eigenvalue weighted by atomic mass is 10.1. The third-order valence-corrected chi connectivity index (χ3v) is 4.93. The normalized spacial score (nSPS) is 16.6. The zero-order valence-electron chi connectivity index (χ0n) is 10.3. The Bertz CT molecular complexity index is 361. The van der Waals surface area contributed by atoms with Gasteiger partial charge in [-0.3, -0.25) is 0 Å². The van der Waals surface area contributed by atoms with Crippen LogP contribution in [0, 0.1) is 5.92 Å². The Hall–Kier alpha value is -0.180. The summed E-state index contributed by atoms with van der Waals surface area (Å²) in [6.45, 7) is 0.840. The first kappa shape index (κ1) is 13.3. The van der Waals surface area contributed by atoms with Gasteiger partial charge in [-0.15, -0.1) is 11.8 Å². The molecule has 0 unspecified atom stereocenters. The van der Waals surface area contributed by atoms with Crippen molar-refractivity contribution >= 4 is 23.4 Å². The molecule has 1 fully saturated rings. The summed E-state index contributed by atoms with van der Waals surface area (Å²) in [7, 11) is 1.94. The summed E-state index contributed by atoms with van der Waals surface area (Å²) in [5.41, 5.74) is 1.18. The van der Waals surface area contributed by atoms with Crippen LogP contribution in [0.5, 0.6) is 0 Å². The lowest BCUT2D eigenvalue weighted by Crippen LogP contribution is -2.05. The molecule has 0 heterocycles. The maximum absolute atomic E-state index is 6.25. The van der Waals surface area contributed by atoms with E-state index in [1.165, 1.54) is 41.9 Å². The van der Waals surface area contributed by atoms with Crippen LogP contribution in [-0.4, -0.2) is 12.8 Å². The summed E-state index contributed by atoms with van der Waals surface area (Å²) in [5, 5.41) is 4.01. The first-order valence-corrected chi connectivity index (χ1v) is 7.72. The molecule has 17 heavy (non-hydrogen) atoms. The molecule has 0 atom stereocenters. The fraction of sp³-hybridized carbons (Fsp3) is 0.571. The second-order valence-electron chi connectivity index (χ2n) is 4.75. The van der Waals surface area contributed by atoms with E-state index in [0.29, 0.717) is 0 Å². The van der Waals surface area contributed by atoms with Gasteiger partial charge in [0.05, 0.1) is 0 Å². The number of nitrogens with one attached hydrogen (secondary N) is 1. The van der Waals surface area contributed by atoms with Crippen molar-refractivity contribution in [3.63, 3.8) is 0 Å². The third kappa shape index (κ3) is 3.90. The van der Waals surface area contributed by atoms with Gasteiger partial charge in [-0.05, 0) is 43.5 Å². The Balaban J connectivity index is 1.90. The van der Waals surface area contributed by atoms with E-state index in [2.05, 4.69) is 23.5 Å². The Morgan fingerprint density at radius 3 is 2.76 bits per heavy atom. The molecule has 1 aromatic rings. The van der Waals surface area contributed by atoms with Crippen LogP contribution >= 0.6 is 23.4 Å². The molecule has 0 aliphatic heterocycles. The van der Waals surface area contributed by atoms with Gasteiger partial charge in [0.15, 0.2) is 0 Å². The Labute approximate surface area is 113 Å². The minimum Gasteiger partial charge on any atom is -0.316 e. The van der Waals surface area contributed by atoms with Crippen LogP contribution in [0.3, 0.4) is 0 Å². The molecule has 1 nitrogen and oxygen atoms in total. The standard InChI is InChI=1S/C14H20ClNS/c1-16-9-12-6-7-13(8-14(12)15)17-10-11-4-2-3-5-11/h6-8,11,16H,2-5,9-10H2,1H3. The molecule has 94 valence electrons. The van der Waals surface area contributed by atoms with E-state index in [-0.39, 0.29) is 0 Å². The van der Waals surface area contributed by atoms with Crippen LogP contribution < -0.4 is 5.32 Å². The molecule has 1 aliphatic carbocycles. The fourth-order valence-corrected chi connectivity index (χ4v) is 3.78. The first-order chi connectivity index (χ1) is 8.29. The Morgan fingerprint density at radius 1 is 1.35 bits per heavy atom. The maximum atomic E-state index is 6.25. The van der Waals surface area contributed by atoms with Crippen molar-refractivity contribution < 1.29 is 0 Å². The molecule has 0 spiro atoms. The molecule has 1 aromatic carbocycles. The second kappa shape index (κ2) is 6.67. The lowest BCUT2D eigenvalue weighted by Gasteiger charge is -2.10. The third-order valence-electron chi connectivity index (χ3n) is 3.35. The zero-order chi connectivity index (χ0) is 12.1. The van der Waals surface area contributed by atoms with Gasteiger partial charge in [-0.25, -0.2) is 0 Å². The topological polar surface area (TPSA) is 12.0 Å². The van der Waals surface area contributed by atoms with E-state index < -0.39 is 0 Å². The minimum absolute atomic E-state index is 0.840. The predicted molar refractivity (Wildman–Crippen MR) is 76.9 cm³/mol. The molecular weight excluding hydrogens is 250 g/mol. The van der Waals surface area contributed by atoms with Crippen LogP contribution in [0.1, 0.15) is 31.2 Å². The average Bonchev–Trinajstić information content (AvgIpc) is 2.83. The van der Waals surface area contributed by atoms with Crippen molar-refractivity contribution in [2.75, 3.05) is 12.8 Å². The highest BCUT2D eigenvalue weighted by Gasteiger charge is 2.15. The van der Waals surface area contributed by atoms with Crippen molar-refractivity contribution in [2.24, 2.45) is 5.92 Å². The number of hydrogen-bond acceptors (Lipinski definition) is 2. The van der Waals surface area contributed by atoms with E-state index in [4.69, 9.17) is 11.6 Å². The van der Waals surface area contributed by atoms with E-state index >= 15 is 0 Å². The van der Waals surface area contributed by atoms with Crippen molar-refractivity contribution in [1.29, 1.82) is 0 Å². The molecular formula is C14H20ClNS. The predicted octanol–water partition coefficient (Wildman–Crippen LogP) is 4.34. The van der Waals surface area contributed by atoms with Crippen molar-refractivity contribution in [1.82, 2.24) is 5.32 Å². The first-order valence-electron chi connectivity index (χ1n) is 6.35. The van der Waals surface area contributed by atoms with Crippen molar-refractivity contribution in [3.05, 3.63) is 28.8 Å². The van der Waals surface area contributed by atoms with E-state index in [9.17, 15) is 0 Å². The van der Waals surface area contributed by atoms with Crippen LogP contribution in [0.15, 0.2) is 23.1 Å². The van der Waals surface area contributed by atoms with Gasteiger partial charge in [0.1, 0.15) is 0 Å². The molecule has 1 N–H and O–H groups in total. The molecule has 1 saturated carbocycles. The molecule has 0 saturated heterocycles. The quantitative estimate of drug-likeness (QED) is 0.798. The zero-order valence-corrected chi connectivity index (χ0v) is 11.9. The van der Waals surface area contributed by atoms with E-state index in [1.54, 1.807) is 0 Å². The van der Waals surface area contributed by atoms with Gasteiger partial charge in [-0.1, -0.05) is 30.5 Å². The summed E-state index contributed by atoms with van der Waals surface area (Å²) in [6, 6.07) is 6.43. The molecule has 0 bridgehead atoms. The highest BCUT2D eigenvalue weighted by atomic mass is 35.5. The van der Waals surface area contributed by atoms with Crippen LogP contribution in [0.25, 0.3) is 0 Å². The molecule has 0 radical (unpaired) electrons. The summed E-state index contributed by atoms with van der Waals surface area (Å²) >= 11 is 8.20. The van der Waals surface area contributed by atoms with E-state index in [1.807, 2.05) is 18.8 Å². The van der Waals surface area contributed by atoms with Crippen molar-refractivity contribution in [3.8, 4) is 0 Å². The maximum Gasteiger partial charge on any atom is 0.0462 e. The van der Waals surface area contributed by atoms with Crippen LogP contribution in [0.2, 0.25) is 5.02 Å². The average molecular weight is 270 g/mol. The molecule has 0 aromatic heterocycles. The number of hydrogen-bond donors (Lipinski definition) is 1. The number of rotatable bonds is 5. The largest absolute Gasteiger partial charge is 0.316 e. The van der Waals surface area contributed by atoms with Crippen LogP contribution in [-0.2, 0) is 6.54 Å². The van der Waals surface area contributed by atoms with Gasteiger partial charge in [0.2, 0.25) is 0 Å². The fourth-order valence-electron chi connectivity index (χ4n) is 2.34. The number of thioether (sulfide) groups is 1.